The lowest BCUT2D eigenvalue weighted by Crippen LogP contribution is -2.28. The molecule has 9 heteroatoms. The molecule has 0 saturated heterocycles. The highest BCUT2D eigenvalue weighted by Gasteiger charge is 2.30. The van der Waals surface area contributed by atoms with Gasteiger partial charge in [0.15, 0.2) is 11.5 Å². The quantitative estimate of drug-likeness (QED) is 0.748. The molecule has 152 valence electrons. The standard InChI is InChI=1S/C19H20F3NO5/c1-26-15-8-12(9-16(27-2)17(15)28-3)18(25)23-10-14(24)11-4-6-13(7-5-11)19(20,21)22/h4-9,14,24H,10H2,1-3H3,(H,23,25). The van der Waals surface area contributed by atoms with E-state index < -0.39 is 23.8 Å². The zero-order valence-corrected chi connectivity index (χ0v) is 15.5. The minimum Gasteiger partial charge on any atom is -0.493 e. The normalized spacial score (nSPS) is 12.2. The molecule has 0 aromatic heterocycles. The van der Waals surface area contributed by atoms with Gasteiger partial charge in [-0.25, -0.2) is 0 Å². The Morgan fingerprint density at radius 3 is 2.00 bits per heavy atom. The Labute approximate surface area is 159 Å². The molecule has 2 N–H and O–H groups in total. The molecular formula is C19H20F3NO5. The van der Waals surface area contributed by atoms with E-state index in [1.165, 1.54) is 45.6 Å². The van der Waals surface area contributed by atoms with Gasteiger partial charge in [0, 0.05) is 12.1 Å². The summed E-state index contributed by atoms with van der Waals surface area (Å²) in [4.78, 5) is 12.4. The number of nitrogens with one attached hydrogen (secondary N) is 1. The van der Waals surface area contributed by atoms with E-state index in [1.54, 1.807) is 0 Å². The summed E-state index contributed by atoms with van der Waals surface area (Å²) < 4.78 is 53.3. The summed E-state index contributed by atoms with van der Waals surface area (Å²) in [5, 5.41) is 12.6. The third-order valence-corrected chi connectivity index (χ3v) is 4.01. The fraction of sp³-hybridized carbons (Fsp3) is 0.316. The predicted octanol–water partition coefficient (Wildman–Crippen LogP) is 3.19. The lowest BCUT2D eigenvalue weighted by Gasteiger charge is -2.16. The van der Waals surface area contributed by atoms with E-state index in [0.717, 1.165) is 12.1 Å². The molecule has 2 aromatic carbocycles. The zero-order valence-electron chi connectivity index (χ0n) is 15.5. The Morgan fingerprint density at radius 2 is 1.57 bits per heavy atom. The number of rotatable bonds is 7. The SMILES string of the molecule is COc1cc(C(=O)NCC(O)c2ccc(C(F)(F)F)cc2)cc(OC)c1OC. The van der Waals surface area contributed by atoms with Crippen molar-refractivity contribution in [3.63, 3.8) is 0 Å². The smallest absolute Gasteiger partial charge is 0.416 e. The average molecular weight is 399 g/mol. The van der Waals surface area contributed by atoms with E-state index in [4.69, 9.17) is 14.2 Å². The topological polar surface area (TPSA) is 77.0 Å². The molecule has 0 saturated carbocycles. The monoisotopic (exact) mass is 399 g/mol. The maximum Gasteiger partial charge on any atom is 0.416 e. The number of aliphatic hydroxyl groups is 1. The van der Waals surface area contributed by atoms with Crippen LogP contribution in [-0.2, 0) is 6.18 Å². The minimum absolute atomic E-state index is 0.194. The van der Waals surface area contributed by atoms with Crippen LogP contribution >= 0.6 is 0 Å². The summed E-state index contributed by atoms with van der Waals surface area (Å²) in [6.07, 6.45) is -5.63. The number of benzene rings is 2. The van der Waals surface area contributed by atoms with Gasteiger partial charge in [-0.3, -0.25) is 4.79 Å². The van der Waals surface area contributed by atoms with Crippen LogP contribution < -0.4 is 19.5 Å². The van der Waals surface area contributed by atoms with Crippen molar-refractivity contribution < 1.29 is 37.3 Å². The van der Waals surface area contributed by atoms with Crippen molar-refractivity contribution in [2.45, 2.75) is 12.3 Å². The number of carbonyl (C=O) groups excluding carboxylic acids is 1. The Hall–Kier alpha value is -2.94. The Kier molecular flexibility index (Phi) is 6.74. The summed E-state index contributed by atoms with van der Waals surface area (Å²) in [6.45, 7) is -0.194. The fourth-order valence-electron chi connectivity index (χ4n) is 2.52. The van der Waals surface area contributed by atoms with Crippen LogP contribution in [0, 0.1) is 0 Å². The number of hydrogen-bond donors (Lipinski definition) is 2. The van der Waals surface area contributed by atoms with Gasteiger partial charge >= 0.3 is 6.18 Å². The first kappa shape index (κ1) is 21.4. The third-order valence-electron chi connectivity index (χ3n) is 4.01. The van der Waals surface area contributed by atoms with Crippen LogP contribution in [0.4, 0.5) is 13.2 Å². The number of amides is 1. The van der Waals surface area contributed by atoms with E-state index >= 15 is 0 Å². The van der Waals surface area contributed by atoms with Gasteiger partial charge in [0.25, 0.3) is 5.91 Å². The molecule has 0 radical (unpaired) electrons. The van der Waals surface area contributed by atoms with Crippen molar-refractivity contribution in [2.75, 3.05) is 27.9 Å². The zero-order chi connectivity index (χ0) is 20.9. The lowest BCUT2D eigenvalue weighted by molar-refractivity contribution is -0.137. The number of halogens is 3. The Balaban J connectivity index is 2.09. The second-order valence-electron chi connectivity index (χ2n) is 5.76. The van der Waals surface area contributed by atoms with Crippen molar-refractivity contribution >= 4 is 5.91 Å². The molecule has 0 fully saturated rings. The van der Waals surface area contributed by atoms with E-state index in [2.05, 4.69) is 5.32 Å². The summed E-state index contributed by atoms with van der Waals surface area (Å²) in [7, 11) is 4.25. The van der Waals surface area contributed by atoms with E-state index in [0.29, 0.717) is 5.75 Å². The van der Waals surface area contributed by atoms with Gasteiger partial charge in [0.2, 0.25) is 5.75 Å². The van der Waals surface area contributed by atoms with E-state index in [9.17, 15) is 23.1 Å². The molecule has 6 nitrogen and oxygen atoms in total. The minimum atomic E-state index is -4.45. The lowest BCUT2D eigenvalue weighted by atomic mass is 10.1. The van der Waals surface area contributed by atoms with Gasteiger partial charge in [0.05, 0.1) is 33.0 Å². The molecule has 2 rings (SSSR count). The molecule has 1 amide bonds. The summed E-state index contributed by atoms with van der Waals surface area (Å²) in [5.41, 5.74) is -0.364. The van der Waals surface area contributed by atoms with Gasteiger partial charge in [-0.2, -0.15) is 13.2 Å². The van der Waals surface area contributed by atoms with Crippen LogP contribution in [0.1, 0.15) is 27.6 Å². The molecule has 1 atom stereocenters. The van der Waals surface area contributed by atoms with E-state index in [-0.39, 0.29) is 29.2 Å². The van der Waals surface area contributed by atoms with Crippen LogP contribution in [-0.4, -0.2) is 38.9 Å². The first-order valence-electron chi connectivity index (χ1n) is 8.14. The Morgan fingerprint density at radius 1 is 1.04 bits per heavy atom. The molecule has 0 aliphatic heterocycles. The number of carbonyl (C=O) groups is 1. The third kappa shape index (κ3) is 4.86. The second kappa shape index (κ2) is 8.83. The largest absolute Gasteiger partial charge is 0.493 e. The highest BCUT2D eigenvalue weighted by molar-refractivity contribution is 5.95. The van der Waals surface area contributed by atoms with Crippen LogP contribution in [0.5, 0.6) is 17.2 Å². The van der Waals surface area contributed by atoms with Gasteiger partial charge in [-0.05, 0) is 29.8 Å². The van der Waals surface area contributed by atoms with Crippen LogP contribution in [0.2, 0.25) is 0 Å². The van der Waals surface area contributed by atoms with Crippen LogP contribution in [0.15, 0.2) is 36.4 Å². The number of hydrogen-bond acceptors (Lipinski definition) is 5. The highest BCUT2D eigenvalue weighted by Crippen LogP contribution is 2.38. The first-order chi connectivity index (χ1) is 13.2. The van der Waals surface area contributed by atoms with Gasteiger partial charge in [-0.1, -0.05) is 12.1 Å². The number of aliphatic hydroxyl groups excluding tert-OH is 1. The fourth-order valence-corrected chi connectivity index (χ4v) is 2.52. The maximum absolute atomic E-state index is 12.6. The van der Waals surface area contributed by atoms with Gasteiger partial charge < -0.3 is 24.6 Å². The molecule has 0 heterocycles. The second-order valence-corrected chi connectivity index (χ2v) is 5.76. The predicted molar refractivity (Wildman–Crippen MR) is 94.8 cm³/mol. The first-order valence-corrected chi connectivity index (χ1v) is 8.14. The number of alkyl halides is 3. The van der Waals surface area contributed by atoms with Crippen molar-refractivity contribution in [1.82, 2.24) is 5.32 Å². The maximum atomic E-state index is 12.6. The Bertz CT molecular complexity index is 796. The molecule has 0 aliphatic carbocycles. The van der Waals surface area contributed by atoms with Crippen LogP contribution in [0.25, 0.3) is 0 Å². The number of ether oxygens (including phenoxy) is 3. The molecule has 1 unspecified atom stereocenters. The van der Waals surface area contributed by atoms with Crippen molar-refractivity contribution in [2.24, 2.45) is 0 Å². The summed E-state index contributed by atoms with van der Waals surface area (Å²) >= 11 is 0. The average Bonchev–Trinajstić information content (AvgIpc) is 2.69. The van der Waals surface area contributed by atoms with Crippen molar-refractivity contribution in [3.05, 3.63) is 53.1 Å². The van der Waals surface area contributed by atoms with Gasteiger partial charge in [0.1, 0.15) is 0 Å². The molecular weight excluding hydrogens is 379 g/mol. The van der Waals surface area contributed by atoms with Gasteiger partial charge in [-0.15, -0.1) is 0 Å². The highest BCUT2D eigenvalue weighted by atomic mass is 19.4. The van der Waals surface area contributed by atoms with E-state index in [1.807, 2.05) is 0 Å². The molecule has 0 spiro atoms. The molecule has 0 aliphatic rings. The number of methoxy groups -OCH3 is 3. The molecule has 0 bridgehead atoms. The van der Waals surface area contributed by atoms with Crippen molar-refractivity contribution in [1.29, 1.82) is 0 Å². The van der Waals surface area contributed by atoms with Crippen molar-refractivity contribution in [3.8, 4) is 17.2 Å². The molecule has 28 heavy (non-hydrogen) atoms. The summed E-state index contributed by atoms with van der Waals surface area (Å²) in [6, 6.07) is 6.97. The molecule has 2 aromatic rings. The summed E-state index contributed by atoms with van der Waals surface area (Å²) in [5.74, 6) is 0.377. The van der Waals surface area contributed by atoms with Crippen LogP contribution in [0.3, 0.4) is 0 Å².